The van der Waals surface area contributed by atoms with Gasteiger partial charge in [0.2, 0.25) is 0 Å². The smallest absolute Gasteiger partial charge is 0.362 e. The van der Waals surface area contributed by atoms with E-state index in [1.54, 1.807) is 0 Å². The van der Waals surface area contributed by atoms with Crippen LogP contribution in [0.3, 0.4) is 0 Å². The number of rotatable bonds is 35. The summed E-state index contributed by atoms with van der Waals surface area (Å²) in [6.07, 6.45) is 38.7. The number of carbonyl (C=O) groups excluding carboxylic acids is 2. The van der Waals surface area contributed by atoms with Crippen LogP contribution in [-0.2, 0) is 28.6 Å². The maximum atomic E-state index is 12.7. The van der Waals surface area contributed by atoms with Crippen molar-refractivity contribution in [2.24, 2.45) is 0 Å². The summed E-state index contributed by atoms with van der Waals surface area (Å²) in [4.78, 5) is 36.8. The topological polar surface area (TPSA) is 99.1 Å². The lowest BCUT2D eigenvalue weighted by Gasteiger charge is -2.31. The van der Waals surface area contributed by atoms with Crippen LogP contribution in [0.5, 0.6) is 0 Å². The maximum Gasteiger partial charge on any atom is 0.362 e. The first-order valence-electron chi connectivity index (χ1n) is 20.2. The fraction of sp³-hybridized carbons (Fsp3) is 0.744. The Bertz CT molecular complexity index is 979. The number of likely N-dealkylation sites (N-methyl/N-ethyl adjacent to an activating group) is 1. The second kappa shape index (κ2) is 34.4. The van der Waals surface area contributed by atoms with Crippen LogP contribution in [0.4, 0.5) is 0 Å². The SMILES string of the molecule is CC/C=C/C=C/C=C/CCCCCCCC(=O)OC(COCCC(C(=O)O)[N+](C)(C)C)COC(=O)CCCCC/C=C/CCCCCCCCC. The van der Waals surface area contributed by atoms with E-state index in [1.165, 1.54) is 44.9 Å². The summed E-state index contributed by atoms with van der Waals surface area (Å²) in [7, 11) is 5.50. The molecule has 0 heterocycles. The van der Waals surface area contributed by atoms with Crippen LogP contribution in [0.15, 0.2) is 48.6 Å². The van der Waals surface area contributed by atoms with Crippen molar-refractivity contribution in [1.82, 2.24) is 0 Å². The summed E-state index contributed by atoms with van der Waals surface area (Å²) < 4.78 is 17.2. The molecule has 0 spiro atoms. The molecule has 0 aromatic heterocycles. The molecule has 2 atom stereocenters. The number of carboxylic acids is 1. The number of ether oxygens (including phenoxy) is 3. The van der Waals surface area contributed by atoms with Crippen molar-refractivity contribution in [3.63, 3.8) is 0 Å². The summed E-state index contributed by atoms with van der Waals surface area (Å²) >= 11 is 0. The van der Waals surface area contributed by atoms with Gasteiger partial charge in [0.15, 0.2) is 12.1 Å². The number of nitrogens with zero attached hydrogens (tertiary/aromatic N) is 1. The molecule has 0 aliphatic rings. The van der Waals surface area contributed by atoms with Gasteiger partial charge in [-0.05, 0) is 57.8 Å². The van der Waals surface area contributed by atoms with Gasteiger partial charge in [-0.3, -0.25) is 9.59 Å². The fourth-order valence-electron chi connectivity index (χ4n) is 5.61. The Labute approximate surface area is 312 Å². The average molecular weight is 719 g/mol. The average Bonchev–Trinajstić information content (AvgIpc) is 3.08. The first-order valence-corrected chi connectivity index (χ1v) is 20.2. The van der Waals surface area contributed by atoms with Crippen LogP contribution in [0.2, 0.25) is 0 Å². The van der Waals surface area contributed by atoms with Gasteiger partial charge in [-0.15, -0.1) is 0 Å². The number of carboxylic acid groups (broad SMARTS) is 1. The maximum absolute atomic E-state index is 12.7. The van der Waals surface area contributed by atoms with E-state index < -0.39 is 18.1 Å². The van der Waals surface area contributed by atoms with Gasteiger partial charge in [0.25, 0.3) is 0 Å². The summed E-state index contributed by atoms with van der Waals surface area (Å²) in [5, 5.41) is 9.59. The number of quaternary nitrogens is 1. The molecule has 0 aromatic carbocycles. The fourth-order valence-corrected chi connectivity index (χ4v) is 5.61. The first-order chi connectivity index (χ1) is 24.6. The van der Waals surface area contributed by atoms with E-state index in [0.29, 0.717) is 19.3 Å². The molecule has 8 nitrogen and oxygen atoms in total. The largest absolute Gasteiger partial charge is 0.477 e. The highest BCUT2D eigenvalue weighted by molar-refractivity contribution is 5.72. The number of esters is 2. The Morgan fingerprint density at radius 3 is 1.69 bits per heavy atom. The van der Waals surface area contributed by atoms with Gasteiger partial charge in [-0.2, -0.15) is 0 Å². The highest BCUT2D eigenvalue weighted by Crippen LogP contribution is 2.13. The number of aliphatic carboxylic acids is 1. The van der Waals surface area contributed by atoms with Crippen LogP contribution in [-0.4, -0.2) is 80.6 Å². The molecular formula is C43H76NO7+. The van der Waals surface area contributed by atoms with Crippen LogP contribution in [0.25, 0.3) is 0 Å². The molecule has 0 aliphatic carbocycles. The standard InChI is InChI=1S/C43H75NO7/c1-6-8-10-12-14-16-18-20-22-23-25-27-29-31-33-41(45)50-38-39(37-49-36-35-40(43(47)48)44(3,4)5)51-42(46)34-32-30-28-26-24-21-19-17-15-13-11-9-7-2/h9,11,13,15,17,19,22-23,39-40H,6-8,10,12,14,16,18,20-21,24-38H2,1-5H3/p+1/b11-9+,15-13+,19-17+,23-22+. The second-order valence-corrected chi connectivity index (χ2v) is 14.6. The predicted octanol–water partition coefficient (Wildman–Crippen LogP) is 10.5. The summed E-state index contributed by atoms with van der Waals surface area (Å²) in [5.74, 6) is -1.52. The van der Waals surface area contributed by atoms with Crippen molar-refractivity contribution in [2.45, 2.75) is 167 Å². The Morgan fingerprint density at radius 1 is 0.608 bits per heavy atom. The van der Waals surface area contributed by atoms with Crippen LogP contribution in [0, 0.1) is 0 Å². The molecule has 2 unspecified atom stereocenters. The van der Waals surface area contributed by atoms with E-state index >= 15 is 0 Å². The third-order valence-corrected chi connectivity index (χ3v) is 8.77. The molecule has 0 fully saturated rings. The van der Waals surface area contributed by atoms with Gasteiger partial charge < -0.3 is 23.8 Å². The quantitative estimate of drug-likeness (QED) is 0.0229. The molecular weight excluding hydrogens is 642 g/mol. The van der Waals surface area contributed by atoms with E-state index in [4.69, 9.17) is 14.2 Å². The van der Waals surface area contributed by atoms with Crippen LogP contribution >= 0.6 is 0 Å². The molecule has 0 radical (unpaired) electrons. The predicted molar refractivity (Wildman–Crippen MR) is 211 cm³/mol. The Hall–Kier alpha value is -2.71. The Kier molecular flexibility index (Phi) is 32.6. The molecule has 1 N–H and O–H groups in total. The molecule has 0 aliphatic heterocycles. The van der Waals surface area contributed by atoms with Gasteiger partial charge in [-0.25, -0.2) is 4.79 Å². The van der Waals surface area contributed by atoms with Crippen molar-refractivity contribution < 1.29 is 38.2 Å². The van der Waals surface area contributed by atoms with E-state index in [-0.39, 0.29) is 36.2 Å². The highest BCUT2D eigenvalue weighted by Gasteiger charge is 2.31. The zero-order valence-electron chi connectivity index (χ0n) is 33.3. The van der Waals surface area contributed by atoms with Gasteiger partial charge in [0, 0.05) is 19.3 Å². The summed E-state index contributed by atoms with van der Waals surface area (Å²) in [6.45, 7) is 4.54. The molecule has 0 amide bonds. The summed E-state index contributed by atoms with van der Waals surface area (Å²) in [5.41, 5.74) is 0. The number of hydrogen-bond acceptors (Lipinski definition) is 6. The van der Waals surface area contributed by atoms with Gasteiger partial charge in [0.1, 0.15) is 6.61 Å². The first kappa shape index (κ1) is 48.3. The molecule has 0 saturated heterocycles. The lowest BCUT2D eigenvalue weighted by Crippen LogP contribution is -2.50. The molecule has 0 rings (SSSR count). The third kappa shape index (κ3) is 32.9. The van der Waals surface area contributed by atoms with Gasteiger partial charge in [-0.1, -0.05) is 127 Å². The van der Waals surface area contributed by atoms with Crippen LogP contribution < -0.4 is 0 Å². The zero-order chi connectivity index (χ0) is 37.8. The molecule has 0 aromatic rings. The number of carbonyl (C=O) groups is 3. The number of hydrogen-bond donors (Lipinski definition) is 1. The van der Waals surface area contributed by atoms with E-state index in [9.17, 15) is 19.5 Å². The van der Waals surface area contributed by atoms with Crippen LogP contribution in [0.1, 0.15) is 155 Å². The van der Waals surface area contributed by atoms with E-state index in [1.807, 2.05) is 33.3 Å². The van der Waals surface area contributed by atoms with Crippen molar-refractivity contribution >= 4 is 17.9 Å². The van der Waals surface area contributed by atoms with Crippen molar-refractivity contribution in [1.29, 1.82) is 0 Å². The molecule has 8 heteroatoms. The van der Waals surface area contributed by atoms with Crippen molar-refractivity contribution in [2.75, 3.05) is 41.0 Å². The Balaban J connectivity index is 4.45. The Morgan fingerprint density at radius 2 is 1.12 bits per heavy atom. The van der Waals surface area contributed by atoms with E-state index in [0.717, 1.165) is 77.0 Å². The van der Waals surface area contributed by atoms with Crippen molar-refractivity contribution in [3.05, 3.63) is 48.6 Å². The normalized spacial score (nSPS) is 13.5. The molecule has 51 heavy (non-hydrogen) atoms. The molecule has 294 valence electrons. The minimum atomic E-state index is -0.883. The van der Waals surface area contributed by atoms with Crippen molar-refractivity contribution in [3.8, 4) is 0 Å². The summed E-state index contributed by atoms with van der Waals surface area (Å²) in [6, 6.07) is -0.620. The molecule has 0 bridgehead atoms. The van der Waals surface area contributed by atoms with Gasteiger partial charge in [0.05, 0.1) is 34.4 Å². The van der Waals surface area contributed by atoms with E-state index in [2.05, 4.69) is 50.3 Å². The number of allylic oxidation sites excluding steroid dienone is 8. The highest BCUT2D eigenvalue weighted by atomic mass is 16.6. The monoisotopic (exact) mass is 719 g/mol. The minimum absolute atomic E-state index is 0.0469. The lowest BCUT2D eigenvalue weighted by molar-refractivity contribution is -0.887. The third-order valence-electron chi connectivity index (χ3n) is 8.77. The second-order valence-electron chi connectivity index (χ2n) is 14.6. The zero-order valence-corrected chi connectivity index (χ0v) is 33.3. The number of unbranched alkanes of at least 4 members (excludes halogenated alkanes) is 15. The molecule has 0 saturated carbocycles. The minimum Gasteiger partial charge on any atom is -0.477 e. The lowest BCUT2D eigenvalue weighted by atomic mass is 10.1. The van der Waals surface area contributed by atoms with Gasteiger partial charge >= 0.3 is 17.9 Å².